The zero-order valence-electron chi connectivity index (χ0n) is 28.2. The summed E-state index contributed by atoms with van der Waals surface area (Å²) in [6.45, 7) is 7.52. The van der Waals surface area contributed by atoms with Gasteiger partial charge in [0.2, 0.25) is 11.6 Å². The zero-order valence-corrected chi connectivity index (χ0v) is 28.2. The van der Waals surface area contributed by atoms with Crippen molar-refractivity contribution in [3.63, 3.8) is 0 Å². The third kappa shape index (κ3) is 11.3. The summed E-state index contributed by atoms with van der Waals surface area (Å²) in [5, 5.41) is 8.64. The normalized spacial score (nSPS) is 29.4. The lowest BCUT2D eigenvalue weighted by molar-refractivity contribution is -0.158. The Balaban J connectivity index is 2.72. The Labute approximate surface area is 276 Å². The van der Waals surface area contributed by atoms with Gasteiger partial charge >= 0.3 is 12.1 Å². The van der Waals surface area contributed by atoms with Crippen molar-refractivity contribution in [2.45, 2.75) is 65.0 Å². The van der Waals surface area contributed by atoms with Gasteiger partial charge in [-0.25, -0.2) is 4.79 Å². The van der Waals surface area contributed by atoms with Crippen molar-refractivity contribution in [2.75, 3.05) is 40.9 Å². The smallest absolute Gasteiger partial charge is 0.405 e. The fourth-order valence-electron chi connectivity index (χ4n) is 5.46. The van der Waals surface area contributed by atoms with E-state index in [1.54, 1.807) is 33.0 Å². The summed E-state index contributed by atoms with van der Waals surface area (Å²) in [5.41, 5.74) is 12.0. The molecular formula is C33H49N5O9. The number of carbonyl (C=O) groups excluding carboxylic acids is 5. The van der Waals surface area contributed by atoms with Gasteiger partial charge in [0.15, 0.2) is 6.10 Å². The Morgan fingerprint density at radius 1 is 1.06 bits per heavy atom. The molecule has 1 heterocycles. The van der Waals surface area contributed by atoms with Crippen molar-refractivity contribution < 1.29 is 42.9 Å². The molecule has 0 saturated carbocycles. The second kappa shape index (κ2) is 18.9. The lowest BCUT2D eigenvalue weighted by Gasteiger charge is -2.32. The van der Waals surface area contributed by atoms with E-state index in [-0.39, 0.29) is 41.4 Å². The topological polar surface area (TPSA) is 210 Å². The van der Waals surface area contributed by atoms with Crippen LogP contribution in [0.15, 0.2) is 58.5 Å². The van der Waals surface area contributed by atoms with Gasteiger partial charge in [0.05, 0.1) is 24.0 Å². The van der Waals surface area contributed by atoms with E-state index >= 15 is 0 Å². The molecule has 14 nitrogen and oxygen atoms in total. The summed E-state index contributed by atoms with van der Waals surface area (Å²) in [5.74, 6) is -2.93. The fraction of sp³-hybridized carbons (Fsp3) is 0.545. The Morgan fingerprint density at radius 3 is 2.36 bits per heavy atom. The molecule has 0 saturated heterocycles. The summed E-state index contributed by atoms with van der Waals surface area (Å²) in [6, 6.07) is 0. The minimum Gasteiger partial charge on any atom is -0.458 e. The fourth-order valence-corrected chi connectivity index (χ4v) is 5.46. The molecule has 0 unspecified atom stereocenters. The number of primary amides is 1. The van der Waals surface area contributed by atoms with Gasteiger partial charge in [-0.1, -0.05) is 38.2 Å². The van der Waals surface area contributed by atoms with Crippen LogP contribution in [-0.4, -0.2) is 94.9 Å². The van der Waals surface area contributed by atoms with Crippen molar-refractivity contribution in [3.05, 3.63) is 58.5 Å². The Kier molecular flexibility index (Phi) is 15.7. The molecule has 0 aromatic heterocycles. The van der Waals surface area contributed by atoms with Gasteiger partial charge in [-0.15, -0.1) is 0 Å². The first-order chi connectivity index (χ1) is 22.3. The van der Waals surface area contributed by atoms with Crippen molar-refractivity contribution >= 4 is 29.5 Å². The Bertz CT molecular complexity index is 1330. The van der Waals surface area contributed by atoms with Gasteiger partial charge in [0.25, 0.3) is 5.91 Å². The highest BCUT2D eigenvalue weighted by molar-refractivity contribution is 6.23. The minimum atomic E-state index is -1.03. The largest absolute Gasteiger partial charge is 0.458 e. The molecule has 14 heteroatoms. The molecule has 2 rings (SSSR count). The maximum absolute atomic E-state index is 13.8. The van der Waals surface area contributed by atoms with Crippen molar-refractivity contribution in [2.24, 2.45) is 23.3 Å². The Morgan fingerprint density at radius 2 is 1.77 bits per heavy atom. The number of nitrogens with one attached hydrogen (secondary N) is 3. The average molecular weight is 660 g/mol. The van der Waals surface area contributed by atoms with E-state index < -0.39 is 59.9 Å². The molecule has 6 atom stereocenters. The summed E-state index contributed by atoms with van der Waals surface area (Å²) < 4.78 is 22.7. The number of ketones is 2. The van der Waals surface area contributed by atoms with E-state index in [1.165, 1.54) is 26.4 Å². The molecule has 47 heavy (non-hydrogen) atoms. The van der Waals surface area contributed by atoms with Gasteiger partial charge in [-0.2, -0.15) is 0 Å². The predicted octanol–water partition coefficient (Wildman–Crippen LogP) is 1.08. The molecule has 260 valence electrons. The number of methoxy groups -OCH3 is 2. The standard InChI is InChI=1S/C33H49N5O9/c1-18-13-22-28(37-12-11-36-5)24(39)16-23(29(22)41)38-32(42)19(2)9-8-10-25(44-6)30(47-33(35)43)20(3)15-21(4)31(26(14-18)45-7)46-27(40)17-34/h8-10,15-16,18,21,25-26,30-31,36-37H,11-14,17,34H2,1-7H3,(H2,35,43)(H,38,42)/b10-8-,19-9+,20-15+/t18-,21+,25+,26+,30+,31-/m1/s1. The number of nitrogens with two attached hydrogens (primary N) is 2. The molecule has 2 aliphatic rings. The first-order valence-electron chi connectivity index (χ1n) is 15.5. The maximum atomic E-state index is 13.8. The van der Waals surface area contributed by atoms with Crippen LogP contribution in [0.5, 0.6) is 0 Å². The summed E-state index contributed by atoms with van der Waals surface area (Å²) >= 11 is 0. The number of hydrogen-bond acceptors (Lipinski definition) is 12. The molecule has 0 aromatic rings. The molecule has 7 N–H and O–H groups in total. The molecule has 1 aliphatic heterocycles. The van der Waals surface area contributed by atoms with Crippen LogP contribution in [0.3, 0.4) is 0 Å². The summed E-state index contributed by atoms with van der Waals surface area (Å²) in [4.78, 5) is 64.5. The van der Waals surface area contributed by atoms with E-state index in [2.05, 4.69) is 16.0 Å². The van der Waals surface area contributed by atoms with Crippen LogP contribution in [-0.2, 0) is 38.1 Å². The molecule has 0 fully saturated rings. The van der Waals surface area contributed by atoms with Gasteiger partial charge in [0, 0.05) is 50.4 Å². The number of Topliss-reactive ketones (excluding diaryl/α,β-unsaturated/α-hetero) is 1. The highest BCUT2D eigenvalue weighted by atomic mass is 16.6. The molecule has 0 radical (unpaired) electrons. The van der Waals surface area contributed by atoms with E-state index in [4.69, 9.17) is 30.4 Å². The highest BCUT2D eigenvalue weighted by Crippen LogP contribution is 2.30. The number of hydrogen-bond donors (Lipinski definition) is 5. The number of ether oxygens (including phenoxy) is 4. The number of esters is 1. The molecular weight excluding hydrogens is 610 g/mol. The Hall–Kier alpha value is -4.11. The lowest BCUT2D eigenvalue weighted by atomic mass is 9.85. The van der Waals surface area contributed by atoms with Gasteiger partial charge < -0.3 is 46.4 Å². The van der Waals surface area contributed by atoms with Gasteiger partial charge in [-0.05, 0) is 45.2 Å². The van der Waals surface area contributed by atoms with Crippen LogP contribution in [0.25, 0.3) is 0 Å². The number of allylic oxidation sites excluding steroid dienone is 4. The average Bonchev–Trinajstić information content (AvgIpc) is 3.02. The lowest BCUT2D eigenvalue weighted by Crippen LogP contribution is -2.41. The highest BCUT2D eigenvalue weighted by Gasteiger charge is 2.35. The van der Waals surface area contributed by atoms with E-state index in [9.17, 15) is 24.0 Å². The molecule has 2 bridgehead atoms. The van der Waals surface area contributed by atoms with Gasteiger partial charge in [0.1, 0.15) is 12.2 Å². The number of likely N-dealkylation sites (N-methyl/N-ethyl adjacent to an activating group) is 1. The first-order valence-corrected chi connectivity index (χ1v) is 15.5. The van der Waals surface area contributed by atoms with Crippen molar-refractivity contribution in [1.82, 2.24) is 16.0 Å². The monoisotopic (exact) mass is 659 g/mol. The molecule has 2 amide bonds. The first kappa shape index (κ1) is 39.1. The second-order valence-corrected chi connectivity index (χ2v) is 11.6. The SMILES string of the molecule is CNCCNC1=C2C[C@@H](C)C[C@H](OC)[C@H](OC(=O)CN)[C@@H](C)/C=C(\C)[C@H](OC(N)=O)[C@@H](OC)/C=C\C=C(/C)C(=O)NC(=CC1=O)C2=O. The quantitative estimate of drug-likeness (QED) is 0.102. The zero-order chi connectivity index (χ0) is 35.3. The molecule has 1 aliphatic carbocycles. The van der Waals surface area contributed by atoms with Crippen LogP contribution in [0.4, 0.5) is 4.79 Å². The molecule has 0 spiro atoms. The summed E-state index contributed by atoms with van der Waals surface area (Å²) in [6.07, 6.45) is 3.61. The number of carbonyl (C=O) groups is 5. The predicted molar refractivity (Wildman–Crippen MR) is 174 cm³/mol. The van der Waals surface area contributed by atoms with E-state index in [1.807, 2.05) is 13.8 Å². The van der Waals surface area contributed by atoms with Crippen LogP contribution < -0.4 is 27.4 Å². The van der Waals surface area contributed by atoms with Crippen LogP contribution in [0.1, 0.15) is 40.5 Å². The minimum absolute atomic E-state index is 0.146. The number of amides is 2. The number of rotatable bonds is 9. The second-order valence-electron chi connectivity index (χ2n) is 11.6. The maximum Gasteiger partial charge on any atom is 0.405 e. The van der Waals surface area contributed by atoms with E-state index in [0.717, 1.165) is 6.08 Å². The third-order valence-electron chi connectivity index (χ3n) is 7.87. The number of fused-ring (bicyclic) bond motifs is 2. The van der Waals surface area contributed by atoms with Crippen molar-refractivity contribution in [3.8, 4) is 0 Å². The third-order valence-corrected chi connectivity index (χ3v) is 7.87. The van der Waals surface area contributed by atoms with Gasteiger partial charge in [-0.3, -0.25) is 19.2 Å². The van der Waals surface area contributed by atoms with Crippen LogP contribution >= 0.6 is 0 Å². The van der Waals surface area contributed by atoms with Crippen LogP contribution in [0, 0.1) is 11.8 Å². The molecule has 0 aromatic carbocycles. The van der Waals surface area contributed by atoms with Crippen molar-refractivity contribution in [1.29, 1.82) is 0 Å². The summed E-state index contributed by atoms with van der Waals surface area (Å²) in [7, 11) is 4.67. The van der Waals surface area contributed by atoms with E-state index in [0.29, 0.717) is 25.1 Å². The van der Waals surface area contributed by atoms with Crippen LogP contribution in [0.2, 0.25) is 0 Å².